The van der Waals surface area contributed by atoms with E-state index in [1.807, 2.05) is 0 Å². The van der Waals surface area contributed by atoms with Gasteiger partial charge in [-0.25, -0.2) is 0 Å². The van der Waals surface area contributed by atoms with Crippen molar-refractivity contribution in [1.82, 2.24) is 0 Å². The van der Waals surface area contributed by atoms with Crippen molar-refractivity contribution in [3.05, 3.63) is 29.4 Å². The molecule has 0 fully saturated rings. The number of nitrogens with one attached hydrogen (secondary N) is 1. The zero-order valence-electron chi connectivity index (χ0n) is 6.33. The fourth-order valence-corrected chi connectivity index (χ4v) is 1.57. The number of primary amides is 1. The van der Waals surface area contributed by atoms with Gasteiger partial charge in [0.1, 0.15) is 5.00 Å². The van der Waals surface area contributed by atoms with Crippen LogP contribution in [0, 0.1) is 0 Å². The Bertz CT molecular complexity index is 318. The second-order valence-corrected chi connectivity index (χ2v) is 3.09. The van der Waals surface area contributed by atoms with E-state index < -0.39 is 5.91 Å². The Balaban J connectivity index is 2.91. The van der Waals surface area contributed by atoms with E-state index in [-0.39, 0.29) is 0 Å². The minimum atomic E-state index is -0.472. The third-order valence-electron chi connectivity index (χ3n) is 1.20. The lowest BCUT2D eigenvalue weighted by Gasteiger charge is -2.02. The fourth-order valence-electron chi connectivity index (χ4n) is 0.746. The van der Waals surface area contributed by atoms with Crippen LogP contribution in [0.4, 0.5) is 5.00 Å². The summed E-state index contributed by atoms with van der Waals surface area (Å²) < 4.78 is 0. The monoisotopic (exact) mass is 183 g/mol. The van der Waals surface area contributed by atoms with Crippen molar-refractivity contribution in [2.45, 2.75) is 0 Å². The predicted molar refractivity (Wildman–Crippen MR) is 49.8 cm³/mol. The molecule has 0 spiro atoms. The van der Waals surface area contributed by atoms with E-state index in [2.05, 4.69) is 11.9 Å². The number of hydrogen-bond acceptors (Lipinski definition) is 4. The van der Waals surface area contributed by atoms with Crippen molar-refractivity contribution in [2.24, 2.45) is 11.5 Å². The third-order valence-corrected chi connectivity index (χ3v) is 2.03. The molecule has 1 rings (SSSR count). The quantitative estimate of drug-likeness (QED) is 0.644. The van der Waals surface area contributed by atoms with Gasteiger partial charge in [0.2, 0.25) is 0 Å². The summed E-state index contributed by atoms with van der Waals surface area (Å²) in [6.45, 7) is 3.45. The molecule has 1 heterocycles. The Labute approximate surface area is 73.9 Å². The number of anilines is 1. The van der Waals surface area contributed by atoms with E-state index in [0.717, 1.165) is 0 Å². The molecule has 1 aromatic rings. The topological polar surface area (TPSA) is 81.1 Å². The number of rotatable bonds is 3. The number of carbonyl (C=O) groups is 1. The highest BCUT2D eigenvalue weighted by molar-refractivity contribution is 7.14. The average molecular weight is 183 g/mol. The van der Waals surface area contributed by atoms with Crippen LogP contribution < -0.4 is 16.8 Å². The van der Waals surface area contributed by atoms with Gasteiger partial charge in [-0.2, -0.15) is 0 Å². The van der Waals surface area contributed by atoms with Gasteiger partial charge in [0.05, 0.1) is 11.4 Å². The van der Waals surface area contributed by atoms with Crippen LogP contribution in [0.2, 0.25) is 0 Å². The molecule has 12 heavy (non-hydrogen) atoms. The van der Waals surface area contributed by atoms with Crippen LogP contribution in [0.15, 0.2) is 23.8 Å². The largest absolute Gasteiger partial charge is 0.386 e. The first-order chi connectivity index (χ1) is 5.61. The van der Waals surface area contributed by atoms with Gasteiger partial charge in [-0.1, -0.05) is 6.58 Å². The van der Waals surface area contributed by atoms with Gasteiger partial charge < -0.3 is 16.8 Å². The van der Waals surface area contributed by atoms with Crippen molar-refractivity contribution >= 4 is 22.2 Å². The molecule has 0 aliphatic carbocycles. The molecule has 64 valence electrons. The van der Waals surface area contributed by atoms with Gasteiger partial charge in [-0.15, -0.1) is 11.3 Å². The lowest BCUT2D eigenvalue weighted by molar-refractivity contribution is 0.100. The Hall–Kier alpha value is -1.49. The van der Waals surface area contributed by atoms with Gasteiger partial charge in [0, 0.05) is 0 Å². The molecular formula is C7H9N3OS. The highest BCUT2D eigenvalue weighted by Gasteiger charge is 2.08. The Morgan fingerprint density at radius 1 is 1.58 bits per heavy atom. The van der Waals surface area contributed by atoms with Gasteiger partial charge in [-0.3, -0.25) is 4.79 Å². The molecule has 5 N–H and O–H groups in total. The number of thiophene rings is 1. The SMILES string of the molecule is C=C(N)Nc1sccc1C(N)=O. The summed E-state index contributed by atoms with van der Waals surface area (Å²) >= 11 is 1.35. The minimum absolute atomic E-state index is 0.292. The highest BCUT2D eigenvalue weighted by atomic mass is 32.1. The van der Waals surface area contributed by atoms with Crippen LogP contribution in [0.5, 0.6) is 0 Å². The Morgan fingerprint density at radius 2 is 2.25 bits per heavy atom. The molecule has 0 aliphatic heterocycles. The smallest absolute Gasteiger partial charge is 0.251 e. The summed E-state index contributed by atoms with van der Waals surface area (Å²) in [4.78, 5) is 10.8. The van der Waals surface area contributed by atoms with Crippen molar-refractivity contribution in [1.29, 1.82) is 0 Å². The lowest BCUT2D eigenvalue weighted by Crippen LogP contribution is -2.14. The zero-order valence-corrected chi connectivity index (χ0v) is 7.15. The number of hydrogen-bond donors (Lipinski definition) is 3. The molecule has 0 saturated carbocycles. The molecule has 0 bridgehead atoms. The summed E-state index contributed by atoms with van der Waals surface area (Å²) in [5, 5.41) is 5.13. The molecule has 0 unspecified atom stereocenters. The van der Waals surface area contributed by atoms with E-state index in [1.54, 1.807) is 11.4 Å². The second-order valence-electron chi connectivity index (χ2n) is 2.18. The number of amides is 1. The maximum absolute atomic E-state index is 10.8. The van der Waals surface area contributed by atoms with Crippen molar-refractivity contribution in [2.75, 3.05) is 5.32 Å². The van der Waals surface area contributed by atoms with Crippen molar-refractivity contribution in [3.63, 3.8) is 0 Å². The van der Waals surface area contributed by atoms with Gasteiger partial charge in [0.15, 0.2) is 0 Å². The summed E-state index contributed by atoms with van der Waals surface area (Å²) in [5.41, 5.74) is 10.8. The maximum atomic E-state index is 10.8. The highest BCUT2D eigenvalue weighted by Crippen LogP contribution is 2.22. The first-order valence-electron chi connectivity index (χ1n) is 3.20. The molecule has 1 amide bonds. The third kappa shape index (κ3) is 1.76. The summed E-state index contributed by atoms with van der Waals surface area (Å²) in [6, 6.07) is 1.64. The molecular weight excluding hydrogens is 174 g/mol. The van der Waals surface area contributed by atoms with Crippen LogP contribution in [-0.4, -0.2) is 5.91 Å². The molecule has 0 aromatic carbocycles. The normalized spacial score (nSPS) is 9.33. The molecule has 0 aliphatic rings. The van der Waals surface area contributed by atoms with Crippen molar-refractivity contribution < 1.29 is 4.79 Å². The van der Waals surface area contributed by atoms with Crippen LogP contribution in [0.3, 0.4) is 0 Å². The Morgan fingerprint density at radius 3 is 2.75 bits per heavy atom. The molecule has 4 nitrogen and oxygen atoms in total. The zero-order chi connectivity index (χ0) is 9.14. The second kappa shape index (κ2) is 3.27. The Kier molecular flexibility index (Phi) is 2.35. The van der Waals surface area contributed by atoms with Crippen molar-refractivity contribution in [3.8, 4) is 0 Å². The first-order valence-corrected chi connectivity index (χ1v) is 4.08. The summed E-state index contributed by atoms with van der Waals surface area (Å²) in [6.07, 6.45) is 0. The van der Waals surface area contributed by atoms with E-state index in [4.69, 9.17) is 11.5 Å². The minimum Gasteiger partial charge on any atom is -0.386 e. The van der Waals surface area contributed by atoms with Crippen LogP contribution in [-0.2, 0) is 0 Å². The van der Waals surface area contributed by atoms with Crippen LogP contribution in [0.25, 0.3) is 0 Å². The van der Waals surface area contributed by atoms with E-state index in [0.29, 0.717) is 16.4 Å². The molecule has 0 atom stereocenters. The molecule has 0 radical (unpaired) electrons. The summed E-state index contributed by atoms with van der Waals surface area (Å²) in [7, 11) is 0. The number of nitrogens with two attached hydrogens (primary N) is 2. The van der Waals surface area contributed by atoms with Crippen LogP contribution >= 0.6 is 11.3 Å². The fraction of sp³-hybridized carbons (Fsp3) is 0. The summed E-state index contributed by atoms with van der Waals surface area (Å²) in [5.74, 6) is -0.181. The van der Waals surface area contributed by atoms with E-state index >= 15 is 0 Å². The first kappa shape index (κ1) is 8.61. The van der Waals surface area contributed by atoms with Gasteiger partial charge in [0.25, 0.3) is 5.91 Å². The maximum Gasteiger partial charge on any atom is 0.251 e. The average Bonchev–Trinajstić information content (AvgIpc) is 2.33. The van der Waals surface area contributed by atoms with E-state index in [1.165, 1.54) is 11.3 Å². The standard InChI is InChI=1S/C7H9N3OS/c1-4(8)10-7-5(6(9)11)2-3-12-7/h2-3,10H,1,8H2,(H2,9,11). The molecule has 1 aromatic heterocycles. The number of carbonyl (C=O) groups excluding carboxylic acids is 1. The van der Waals surface area contributed by atoms with E-state index in [9.17, 15) is 4.79 Å². The lowest BCUT2D eigenvalue weighted by atomic mass is 10.3. The van der Waals surface area contributed by atoms with Crippen LogP contribution in [0.1, 0.15) is 10.4 Å². The molecule has 5 heteroatoms. The molecule has 0 saturated heterocycles. The predicted octanol–water partition coefficient (Wildman–Crippen LogP) is 0.689. The van der Waals surface area contributed by atoms with Gasteiger partial charge in [-0.05, 0) is 11.4 Å². The van der Waals surface area contributed by atoms with Gasteiger partial charge >= 0.3 is 0 Å².